The predicted molar refractivity (Wildman–Crippen MR) is 126 cm³/mol. The zero-order chi connectivity index (χ0) is 22.7. The van der Waals surface area contributed by atoms with Gasteiger partial charge in [0.25, 0.3) is 5.91 Å². The van der Waals surface area contributed by atoms with Crippen LogP contribution >= 0.6 is 0 Å². The van der Waals surface area contributed by atoms with E-state index in [2.05, 4.69) is 63.7 Å². The van der Waals surface area contributed by atoms with Crippen molar-refractivity contribution in [1.29, 1.82) is 0 Å². The highest BCUT2D eigenvalue weighted by molar-refractivity contribution is 6.06. The second kappa shape index (κ2) is 9.13. The Morgan fingerprint density at radius 2 is 1.88 bits per heavy atom. The third-order valence-corrected chi connectivity index (χ3v) is 5.73. The van der Waals surface area contributed by atoms with Crippen molar-refractivity contribution >= 4 is 23.2 Å². The Bertz CT molecular complexity index is 1130. The fraction of sp³-hybridized carbons (Fsp3) is 0.292. The van der Waals surface area contributed by atoms with Crippen LogP contribution in [0.4, 0.5) is 17.3 Å². The Balaban J connectivity index is 1.72. The fourth-order valence-corrected chi connectivity index (χ4v) is 4.09. The number of aromatic nitrogens is 3. The molecule has 4 rings (SSSR count). The number of carbonyl (C=O) groups excluding carboxylic acids is 1. The van der Waals surface area contributed by atoms with Crippen molar-refractivity contribution in [3.8, 4) is 5.75 Å². The topological polar surface area (TPSA) is 84.3 Å². The number of benzene rings is 2. The molecule has 1 aromatic heterocycles. The first-order valence-electron chi connectivity index (χ1n) is 10.7. The number of para-hydroxylation sites is 2. The predicted octanol–water partition coefficient (Wildman–Crippen LogP) is 4.06. The van der Waals surface area contributed by atoms with E-state index >= 15 is 0 Å². The van der Waals surface area contributed by atoms with Gasteiger partial charge in [0.1, 0.15) is 18.1 Å². The number of allylic oxidation sites excluding steroid dienone is 1. The molecule has 2 N–H and O–H groups in total. The molecule has 0 radical (unpaired) electrons. The Hall–Kier alpha value is -3.81. The number of carbonyl (C=O) groups is 1. The van der Waals surface area contributed by atoms with Gasteiger partial charge in [0.2, 0.25) is 5.95 Å². The Labute approximate surface area is 187 Å². The van der Waals surface area contributed by atoms with Crippen molar-refractivity contribution in [3.05, 3.63) is 71.7 Å². The van der Waals surface area contributed by atoms with Gasteiger partial charge in [0.05, 0.1) is 18.4 Å². The molecule has 166 valence electrons. The summed E-state index contributed by atoms with van der Waals surface area (Å²) in [6, 6.07) is 15.2. The lowest BCUT2D eigenvalue weighted by atomic mass is 9.94. The van der Waals surface area contributed by atoms with Crippen LogP contribution in [0.25, 0.3) is 0 Å². The van der Waals surface area contributed by atoms with Crippen LogP contribution in [0.15, 0.2) is 66.1 Å². The van der Waals surface area contributed by atoms with Crippen LogP contribution in [-0.4, -0.2) is 40.9 Å². The molecule has 2 aromatic carbocycles. The van der Waals surface area contributed by atoms with Gasteiger partial charge in [0.15, 0.2) is 0 Å². The maximum Gasteiger partial charge on any atom is 0.255 e. The molecule has 1 amide bonds. The molecule has 0 fully saturated rings. The molecular formula is C24H28N6O2. The third-order valence-electron chi connectivity index (χ3n) is 5.73. The summed E-state index contributed by atoms with van der Waals surface area (Å²) >= 11 is 0. The molecule has 1 aliphatic rings. The van der Waals surface area contributed by atoms with Crippen molar-refractivity contribution < 1.29 is 9.53 Å². The van der Waals surface area contributed by atoms with E-state index in [0.29, 0.717) is 23.0 Å². The minimum Gasteiger partial charge on any atom is -0.495 e. The zero-order valence-corrected chi connectivity index (χ0v) is 18.8. The van der Waals surface area contributed by atoms with Crippen LogP contribution < -0.4 is 20.3 Å². The van der Waals surface area contributed by atoms with E-state index in [4.69, 9.17) is 4.74 Å². The van der Waals surface area contributed by atoms with E-state index in [1.54, 1.807) is 11.8 Å². The standard InChI is InChI=1S/C24H28N6O2/c1-5-29(6-2)18-13-11-17(12-14-18)22-21(16(3)27-24-25-15-26-30(22)24)23(31)28-19-9-7-8-10-20(19)32-4/h7-15,22H,5-6H2,1-4H3,(H,28,31)(H,25,26,27)/t22-/m0/s1. The van der Waals surface area contributed by atoms with Gasteiger partial charge in [-0.15, -0.1) is 0 Å². The van der Waals surface area contributed by atoms with Crippen molar-refractivity contribution in [3.63, 3.8) is 0 Å². The molecule has 8 heteroatoms. The molecular weight excluding hydrogens is 404 g/mol. The number of hydrogen-bond acceptors (Lipinski definition) is 6. The smallest absolute Gasteiger partial charge is 0.255 e. The highest BCUT2D eigenvalue weighted by Crippen LogP contribution is 2.36. The molecule has 3 aromatic rings. The third kappa shape index (κ3) is 3.91. The Morgan fingerprint density at radius 1 is 1.16 bits per heavy atom. The summed E-state index contributed by atoms with van der Waals surface area (Å²) in [6.45, 7) is 8.02. The molecule has 0 bridgehead atoms. The minimum atomic E-state index is -0.408. The average molecular weight is 433 g/mol. The summed E-state index contributed by atoms with van der Waals surface area (Å²) < 4.78 is 7.14. The number of anilines is 3. The number of rotatable bonds is 7. The van der Waals surface area contributed by atoms with Crippen LogP contribution in [0.5, 0.6) is 5.75 Å². The quantitative estimate of drug-likeness (QED) is 0.586. The summed E-state index contributed by atoms with van der Waals surface area (Å²) in [5.41, 5.74) is 4.02. The lowest BCUT2D eigenvalue weighted by molar-refractivity contribution is -0.113. The molecule has 1 atom stereocenters. The van der Waals surface area contributed by atoms with Crippen LogP contribution in [0.2, 0.25) is 0 Å². The average Bonchev–Trinajstić information content (AvgIpc) is 3.28. The summed E-state index contributed by atoms with van der Waals surface area (Å²) in [4.78, 5) is 20.1. The van der Waals surface area contributed by atoms with E-state index in [-0.39, 0.29) is 5.91 Å². The van der Waals surface area contributed by atoms with Crippen LogP contribution in [0, 0.1) is 0 Å². The van der Waals surface area contributed by atoms with Gasteiger partial charge < -0.3 is 20.3 Å². The molecule has 32 heavy (non-hydrogen) atoms. The monoisotopic (exact) mass is 432 g/mol. The second-order valence-electron chi connectivity index (χ2n) is 7.51. The first-order chi connectivity index (χ1) is 15.6. The minimum absolute atomic E-state index is 0.224. The van der Waals surface area contributed by atoms with Gasteiger partial charge in [0, 0.05) is 24.5 Å². The number of ether oxygens (including phenoxy) is 1. The molecule has 1 aliphatic heterocycles. The first kappa shape index (κ1) is 21.4. The summed E-state index contributed by atoms with van der Waals surface area (Å²) in [6.07, 6.45) is 1.49. The van der Waals surface area contributed by atoms with Gasteiger partial charge in [-0.25, -0.2) is 4.68 Å². The van der Waals surface area contributed by atoms with Crippen molar-refractivity contribution in [2.24, 2.45) is 0 Å². The molecule has 0 saturated heterocycles. The summed E-state index contributed by atoms with van der Waals surface area (Å²) in [7, 11) is 1.58. The number of hydrogen-bond donors (Lipinski definition) is 2. The molecule has 0 unspecified atom stereocenters. The maximum atomic E-state index is 13.5. The van der Waals surface area contributed by atoms with Crippen LogP contribution in [0.1, 0.15) is 32.4 Å². The molecule has 0 aliphatic carbocycles. The van der Waals surface area contributed by atoms with Gasteiger partial charge in [-0.3, -0.25) is 4.79 Å². The van der Waals surface area contributed by atoms with Crippen molar-refractivity contribution in [1.82, 2.24) is 14.8 Å². The Kier molecular flexibility index (Phi) is 6.11. The lowest BCUT2D eigenvalue weighted by Gasteiger charge is -2.29. The first-order valence-corrected chi connectivity index (χ1v) is 10.7. The highest BCUT2D eigenvalue weighted by Gasteiger charge is 2.33. The van der Waals surface area contributed by atoms with Crippen molar-refractivity contribution in [2.45, 2.75) is 26.8 Å². The summed E-state index contributed by atoms with van der Waals surface area (Å²) in [5, 5.41) is 10.6. The van der Waals surface area contributed by atoms with E-state index in [9.17, 15) is 4.79 Å². The van der Waals surface area contributed by atoms with Gasteiger partial charge in [-0.05, 0) is 50.6 Å². The number of methoxy groups -OCH3 is 1. The molecule has 0 spiro atoms. The molecule has 8 nitrogen and oxygen atoms in total. The lowest BCUT2D eigenvalue weighted by Crippen LogP contribution is -2.31. The van der Waals surface area contributed by atoms with Crippen molar-refractivity contribution in [2.75, 3.05) is 35.7 Å². The van der Waals surface area contributed by atoms with E-state index < -0.39 is 6.04 Å². The number of fused-ring (bicyclic) bond motifs is 1. The van der Waals surface area contributed by atoms with E-state index in [1.165, 1.54) is 6.33 Å². The van der Waals surface area contributed by atoms with E-state index in [0.717, 1.165) is 30.0 Å². The van der Waals surface area contributed by atoms with E-state index in [1.807, 2.05) is 31.2 Å². The van der Waals surface area contributed by atoms with Gasteiger partial charge in [-0.1, -0.05) is 24.3 Å². The zero-order valence-electron chi connectivity index (χ0n) is 18.8. The largest absolute Gasteiger partial charge is 0.495 e. The van der Waals surface area contributed by atoms with Crippen LogP contribution in [-0.2, 0) is 4.79 Å². The second-order valence-corrected chi connectivity index (χ2v) is 7.51. The normalized spacial score (nSPS) is 15.1. The van der Waals surface area contributed by atoms with Crippen LogP contribution in [0.3, 0.4) is 0 Å². The Morgan fingerprint density at radius 3 is 2.56 bits per heavy atom. The summed E-state index contributed by atoms with van der Waals surface area (Å²) in [5.74, 6) is 0.983. The SMILES string of the molecule is CCN(CC)c1ccc([C@H]2C(C(=O)Nc3ccccc3OC)=C(C)Nc3ncnn32)cc1. The highest BCUT2D eigenvalue weighted by atomic mass is 16.5. The number of nitrogens with zero attached hydrogens (tertiary/aromatic N) is 4. The number of nitrogens with one attached hydrogen (secondary N) is 2. The van der Waals surface area contributed by atoms with Gasteiger partial charge in [-0.2, -0.15) is 10.1 Å². The van der Waals surface area contributed by atoms with Gasteiger partial charge >= 0.3 is 0 Å². The molecule has 0 saturated carbocycles. The maximum absolute atomic E-state index is 13.5. The number of amides is 1. The fourth-order valence-electron chi connectivity index (χ4n) is 4.09. The molecule has 2 heterocycles.